The largest absolute Gasteiger partial charge is 0.481 e. The van der Waals surface area contributed by atoms with E-state index in [1.165, 1.54) is 19.4 Å². The van der Waals surface area contributed by atoms with E-state index in [2.05, 4.69) is 16.8 Å². The predicted molar refractivity (Wildman–Crippen MR) is 84.7 cm³/mol. The lowest BCUT2D eigenvalue weighted by Gasteiger charge is -2.35. The standard InChI is InChI=1S/C16H29N3O3/c1-17-7-2-3-14(13-17)4-5-15(20)19-11-9-18(10-12-19)8-6-16(21)22/h14H,2-13H2,1H3,(H,21,22)/t14-/m1/s1. The van der Waals surface area contributed by atoms with E-state index in [0.717, 1.165) is 39.1 Å². The summed E-state index contributed by atoms with van der Waals surface area (Å²) in [5.74, 6) is 0.182. The molecule has 2 fully saturated rings. The number of hydrogen-bond donors (Lipinski definition) is 1. The average Bonchev–Trinajstić information content (AvgIpc) is 2.51. The number of carboxylic acid groups (broad SMARTS) is 1. The Morgan fingerprint density at radius 3 is 2.45 bits per heavy atom. The molecule has 6 nitrogen and oxygen atoms in total. The number of aliphatic carboxylic acids is 1. The third kappa shape index (κ3) is 5.57. The molecule has 22 heavy (non-hydrogen) atoms. The van der Waals surface area contributed by atoms with E-state index in [1.807, 2.05) is 4.90 Å². The summed E-state index contributed by atoms with van der Waals surface area (Å²) in [6, 6.07) is 0. The number of likely N-dealkylation sites (tertiary alicyclic amines) is 1. The molecule has 0 unspecified atom stereocenters. The molecule has 6 heteroatoms. The number of amides is 1. The Labute approximate surface area is 133 Å². The molecule has 2 heterocycles. The van der Waals surface area contributed by atoms with Crippen LogP contribution in [0.25, 0.3) is 0 Å². The molecule has 0 radical (unpaired) electrons. The van der Waals surface area contributed by atoms with Crippen LogP contribution in [0.1, 0.15) is 32.1 Å². The highest BCUT2D eigenvalue weighted by molar-refractivity contribution is 5.76. The number of piperazine rings is 1. The summed E-state index contributed by atoms with van der Waals surface area (Å²) in [6.07, 6.45) is 4.34. The van der Waals surface area contributed by atoms with Crippen molar-refractivity contribution in [3.05, 3.63) is 0 Å². The van der Waals surface area contributed by atoms with E-state index in [0.29, 0.717) is 18.9 Å². The molecule has 2 aliphatic heterocycles. The Bertz CT molecular complexity index is 381. The van der Waals surface area contributed by atoms with Crippen LogP contribution in [0, 0.1) is 5.92 Å². The minimum atomic E-state index is -0.754. The van der Waals surface area contributed by atoms with Crippen molar-refractivity contribution in [2.75, 3.05) is 52.9 Å². The van der Waals surface area contributed by atoms with Crippen molar-refractivity contribution in [2.24, 2.45) is 5.92 Å². The second-order valence-electron chi connectivity index (χ2n) is 6.68. The Kier molecular flexibility index (Phi) is 6.64. The first-order valence-electron chi connectivity index (χ1n) is 8.45. The molecular formula is C16H29N3O3. The molecule has 1 N–H and O–H groups in total. The van der Waals surface area contributed by atoms with Gasteiger partial charge >= 0.3 is 5.97 Å². The quantitative estimate of drug-likeness (QED) is 0.783. The first-order chi connectivity index (χ1) is 10.5. The average molecular weight is 311 g/mol. The van der Waals surface area contributed by atoms with Crippen LogP contribution in [0.4, 0.5) is 0 Å². The molecule has 0 spiro atoms. The molecule has 1 atom stereocenters. The first kappa shape index (κ1) is 17.2. The highest BCUT2D eigenvalue weighted by atomic mass is 16.4. The summed E-state index contributed by atoms with van der Waals surface area (Å²) in [5.41, 5.74) is 0. The molecule has 2 rings (SSSR count). The van der Waals surface area contributed by atoms with Crippen molar-refractivity contribution in [1.29, 1.82) is 0 Å². The van der Waals surface area contributed by atoms with Crippen LogP contribution in [-0.2, 0) is 9.59 Å². The number of piperidine rings is 1. The van der Waals surface area contributed by atoms with Crippen LogP contribution < -0.4 is 0 Å². The van der Waals surface area contributed by atoms with Gasteiger partial charge in [0, 0.05) is 45.7 Å². The number of nitrogens with zero attached hydrogens (tertiary/aromatic N) is 3. The molecule has 0 aromatic rings. The molecule has 0 aromatic heterocycles. The maximum atomic E-state index is 12.3. The number of carboxylic acids is 1. The van der Waals surface area contributed by atoms with Gasteiger partial charge in [0.2, 0.25) is 5.91 Å². The van der Waals surface area contributed by atoms with Crippen LogP contribution >= 0.6 is 0 Å². The summed E-state index contributed by atoms with van der Waals surface area (Å²) in [5, 5.41) is 8.70. The van der Waals surface area contributed by atoms with E-state index in [4.69, 9.17) is 5.11 Å². The summed E-state index contributed by atoms with van der Waals surface area (Å²) < 4.78 is 0. The molecule has 126 valence electrons. The Morgan fingerprint density at radius 1 is 1.09 bits per heavy atom. The third-order valence-electron chi connectivity index (χ3n) is 4.86. The molecule has 2 aliphatic rings. The van der Waals surface area contributed by atoms with Gasteiger partial charge in [-0.1, -0.05) is 0 Å². The zero-order valence-corrected chi connectivity index (χ0v) is 13.7. The van der Waals surface area contributed by atoms with Crippen LogP contribution in [0.5, 0.6) is 0 Å². The highest BCUT2D eigenvalue weighted by Gasteiger charge is 2.23. The fraction of sp³-hybridized carbons (Fsp3) is 0.875. The third-order valence-corrected chi connectivity index (χ3v) is 4.86. The van der Waals surface area contributed by atoms with Gasteiger partial charge in [-0.05, 0) is 38.8 Å². The van der Waals surface area contributed by atoms with Gasteiger partial charge in [0.15, 0.2) is 0 Å². The fourth-order valence-corrected chi connectivity index (χ4v) is 3.47. The van der Waals surface area contributed by atoms with Gasteiger partial charge in [-0.25, -0.2) is 0 Å². The predicted octanol–water partition coefficient (Wildman–Crippen LogP) is 0.727. The van der Waals surface area contributed by atoms with E-state index in [1.54, 1.807) is 0 Å². The molecule has 1 amide bonds. The SMILES string of the molecule is CN1CCC[C@H](CCC(=O)N2CCN(CCC(=O)O)CC2)C1. The van der Waals surface area contributed by atoms with Crippen LogP contribution in [0.15, 0.2) is 0 Å². The second-order valence-corrected chi connectivity index (χ2v) is 6.68. The van der Waals surface area contributed by atoms with E-state index in [9.17, 15) is 9.59 Å². The number of carbonyl (C=O) groups is 2. The fourth-order valence-electron chi connectivity index (χ4n) is 3.47. The maximum Gasteiger partial charge on any atom is 0.304 e. The summed E-state index contributed by atoms with van der Waals surface area (Å²) >= 11 is 0. The van der Waals surface area contributed by atoms with Crippen LogP contribution in [-0.4, -0.2) is 84.5 Å². The molecule has 2 saturated heterocycles. The lowest BCUT2D eigenvalue weighted by molar-refractivity contribution is -0.138. The maximum absolute atomic E-state index is 12.3. The topological polar surface area (TPSA) is 64.1 Å². The van der Waals surface area contributed by atoms with Gasteiger partial charge in [0.05, 0.1) is 6.42 Å². The molecule has 0 aliphatic carbocycles. The molecule has 0 aromatic carbocycles. The number of rotatable bonds is 6. The van der Waals surface area contributed by atoms with E-state index < -0.39 is 5.97 Å². The highest BCUT2D eigenvalue weighted by Crippen LogP contribution is 2.20. The zero-order valence-electron chi connectivity index (χ0n) is 13.7. The Hall–Kier alpha value is -1.14. The number of carbonyl (C=O) groups excluding carboxylic acids is 1. The lowest BCUT2D eigenvalue weighted by Crippen LogP contribution is -2.49. The van der Waals surface area contributed by atoms with Crippen molar-refractivity contribution in [1.82, 2.24) is 14.7 Å². The monoisotopic (exact) mass is 311 g/mol. The van der Waals surface area contributed by atoms with Crippen molar-refractivity contribution in [3.8, 4) is 0 Å². The van der Waals surface area contributed by atoms with Gasteiger partial charge in [-0.15, -0.1) is 0 Å². The van der Waals surface area contributed by atoms with Crippen LogP contribution in [0.3, 0.4) is 0 Å². The normalized spacial score (nSPS) is 24.4. The van der Waals surface area contributed by atoms with Crippen molar-refractivity contribution in [3.63, 3.8) is 0 Å². The Balaban J connectivity index is 1.63. The first-order valence-corrected chi connectivity index (χ1v) is 8.45. The van der Waals surface area contributed by atoms with Crippen molar-refractivity contribution in [2.45, 2.75) is 32.1 Å². The smallest absolute Gasteiger partial charge is 0.304 e. The van der Waals surface area contributed by atoms with Gasteiger partial charge < -0.3 is 14.9 Å². The Morgan fingerprint density at radius 2 is 1.82 bits per heavy atom. The van der Waals surface area contributed by atoms with Crippen molar-refractivity contribution < 1.29 is 14.7 Å². The lowest BCUT2D eigenvalue weighted by atomic mass is 9.93. The zero-order chi connectivity index (χ0) is 15.9. The van der Waals surface area contributed by atoms with Gasteiger partial charge in [-0.2, -0.15) is 0 Å². The van der Waals surface area contributed by atoms with E-state index in [-0.39, 0.29) is 12.3 Å². The van der Waals surface area contributed by atoms with Crippen LogP contribution in [0.2, 0.25) is 0 Å². The molecule has 0 bridgehead atoms. The molecule has 0 saturated carbocycles. The second kappa shape index (κ2) is 8.48. The van der Waals surface area contributed by atoms with Gasteiger partial charge in [0.25, 0.3) is 0 Å². The molecular weight excluding hydrogens is 282 g/mol. The van der Waals surface area contributed by atoms with Gasteiger partial charge in [0.1, 0.15) is 0 Å². The summed E-state index contributed by atoms with van der Waals surface area (Å²) in [4.78, 5) is 29.3. The summed E-state index contributed by atoms with van der Waals surface area (Å²) in [7, 11) is 2.16. The van der Waals surface area contributed by atoms with E-state index >= 15 is 0 Å². The minimum Gasteiger partial charge on any atom is -0.481 e. The van der Waals surface area contributed by atoms with Crippen molar-refractivity contribution >= 4 is 11.9 Å². The minimum absolute atomic E-state index is 0.184. The van der Waals surface area contributed by atoms with Gasteiger partial charge in [-0.3, -0.25) is 14.5 Å². The number of hydrogen-bond acceptors (Lipinski definition) is 4. The summed E-state index contributed by atoms with van der Waals surface area (Å²) in [6.45, 7) is 5.97.